The van der Waals surface area contributed by atoms with Crippen LogP contribution in [0.5, 0.6) is 0 Å². The lowest BCUT2D eigenvalue weighted by molar-refractivity contribution is -0.127. The van der Waals surface area contributed by atoms with E-state index in [-0.39, 0.29) is 12.1 Å². The van der Waals surface area contributed by atoms with Crippen LogP contribution < -0.4 is 0 Å². The molecule has 0 radical (unpaired) electrons. The molecule has 1 aliphatic heterocycles. The molecule has 3 nitrogen and oxygen atoms in total. The molecule has 1 aromatic carbocycles. The Morgan fingerprint density at radius 3 is 2.79 bits per heavy atom. The molecule has 1 atom stereocenters. The Kier molecular flexibility index (Phi) is 2.25. The molecule has 1 heterocycles. The molecule has 3 heteroatoms. The van der Waals surface area contributed by atoms with Crippen LogP contribution in [0.1, 0.15) is 36.1 Å². The molecule has 0 spiro atoms. The van der Waals surface area contributed by atoms with Crippen molar-refractivity contribution in [3.05, 3.63) is 35.4 Å². The predicted molar refractivity (Wildman–Crippen MR) is 50.8 cm³/mol. The monoisotopic (exact) mass is 192 g/mol. The van der Waals surface area contributed by atoms with Gasteiger partial charge >= 0.3 is 5.97 Å². The number of cyclic esters (lactones) is 1. The summed E-state index contributed by atoms with van der Waals surface area (Å²) in [6, 6.07) is 7.30. The lowest BCUT2D eigenvalue weighted by Gasteiger charge is -2.14. The minimum atomic E-state index is -0.529. The summed E-state index contributed by atoms with van der Waals surface area (Å²) in [6.07, 6.45) is -0.488. The van der Waals surface area contributed by atoms with Crippen molar-refractivity contribution in [2.75, 3.05) is 0 Å². The van der Waals surface area contributed by atoms with E-state index in [0.29, 0.717) is 5.56 Å². The maximum Gasteiger partial charge on any atom is 0.341 e. The minimum absolute atomic E-state index is 0.0407. The molecule has 1 aliphatic rings. The van der Waals surface area contributed by atoms with E-state index in [2.05, 4.69) is 0 Å². The van der Waals surface area contributed by atoms with Crippen molar-refractivity contribution in [2.45, 2.75) is 26.2 Å². The van der Waals surface area contributed by atoms with Crippen molar-refractivity contribution in [1.82, 2.24) is 0 Å². The Morgan fingerprint density at radius 2 is 2.07 bits per heavy atom. The number of hydrogen-bond donors (Lipinski definition) is 0. The van der Waals surface area contributed by atoms with Crippen LogP contribution in [0.25, 0.3) is 0 Å². The van der Waals surface area contributed by atoms with Gasteiger partial charge in [-0.05, 0) is 19.9 Å². The van der Waals surface area contributed by atoms with Gasteiger partial charge in [0.2, 0.25) is 6.29 Å². The summed E-state index contributed by atoms with van der Waals surface area (Å²) in [5.74, 6) is -0.300. The SMILES string of the molecule is CC(C)O[C@@H]1OC(=O)c2ccccc21. The van der Waals surface area contributed by atoms with Crippen LogP contribution in [0.2, 0.25) is 0 Å². The lowest BCUT2D eigenvalue weighted by Crippen LogP contribution is -2.10. The van der Waals surface area contributed by atoms with E-state index in [1.54, 1.807) is 6.07 Å². The van der Waals surface area contributed by atoms with Gasteiger partial charge in [-0.3, -0.25) is 0 Å². The first-order valence-electron chi connectivity index (χ1n) is 4.64. The molecule has 74 valence electrons. The molecule has 0 bridgehead atoms. The van der Waals surface area contributed by atoms with E-state index in [9.17, 15) is 4.79 Å². The van der Waals surface area contributed by atoms with Gasteiger partial charge in [-0.2, -0.15) is 0 Å². The summed E-state index contributed by atoms with van der Waals surface area (Å²) >= 11 is 0. The zero-order valence-electron chi connectivity index (χ0n) is 8.19. The molecule has 0 aromatic heterocycles. The lowest BCUT2D eigenvalue weighted by atomic mass is 10.1. The number of esters is 1. The molecule has 1 aromatic rings. The summed E-state index contributed by atoms with van der Waals surface area (Å²) in [6.45, 7) is 3.82. The largest absolute Gasteiger partial charge is 0.428 e. The highest BCUT2D eigenvalue weighted by Crippen LogP contribution is 2.31. The Morgan fingerprint density at radius 1 is 1.36 bits per heavy atom. The zero-order valence-corrected chi connectivity index (χ0v) is 8.19. The van der Waals surface area contributed by atoms with E-state index < -0.39 is 6.29 Å². The number of carbonyl (C=O) groups excluding carboxylic acids is 1. The molecule has 0 saturated heterocycles. The van der Waals surface area contributed by atoms with Crippen LogP contribution in [-0.2, 0) is 9.47 Å². The average Bonchev–Trinajstić information content (AvgIpc) is 2.44. The fourth-order valence-corrected chi connectivity index (χ4v) is 1.46. The first-order valence-corrected chi connectivity index (χ1v) is 4.64. The topological polar surface area (TPSA) is 35.5 Å². The molecule has 0 aliphatic carbocycles. The van der Waals surface area contributed by atoms with Gasteiger partial charge in [0.05, 0.1) is 11.7 Å². The number of fused-ring (bicyclic) bond motifs is 1. The highest BCUT2D eigenvalue weighted by atomic mass is 16.7. The molecule has 0 fully saturated rings. The Labute approximate surface area is 82.6 Å². The molecule has 2 rings (SSSR count). The normalized spacial score (nSPS) is 19.6. The van der Waals surface area contributed by atoms with Gasteiger partial charge in [0.25, 0.3) is 0 Å². The molecule has 0 unspecified atom stereocenters. The van der Waals surface area contributed by atoms with Gasteiger partial charge in [0.15, 0.2) is 0 Å². The van der Waals surface area contributed by atoms with E-state index in [4.69, 9.17) is 9.47 Å². The summed E-state index contributed by atoms with van der Waals surface area (Å²) in [5, 5.41) is 0. The van der Waals surface area contributed by atoms with Crippen LogP contribution in [0.15, 0.2) is 24.3 Å². The third-order valence-electron chi connectivity index (χ3n) is 2.04. The number of hydrogen-bond acceptors (Lipinski definition) is 3. The van der Waals surface area contributed by atoms with Crippen molar-refractivity contribution < 1.29 is 14.3 Å². The van der Waals surface area contributed by atoms with Crippen molar-refractivity contribution in [3.8, 4) is 0 Å². The van der Waals surface area contributed by atoms with Gasteiger partial charge in [-0.15, -0.1) is 0 Å². The van der Waals surface area contributed by atoms with Gasteiger partial charge in [0.1, 0.15) is 0 Å². The average molecular weight is 192 g/mol. The Bertz CT molecular complexity index is 357. The molecule has 0 saturated carbocycles. The quantitative estimate of drug-likeness (QED) is 0.674. The third kappa shape index (κ3) is 1.51. The second-order valence-corrected chi connectivity index (χ2v) is 3.51. The molecule has 0 N–H and O–H groups in total. The Balaban J connectivity index is 2.30. The van der Waals surface area contributed by atoms with Crippen LogP contribution in [-0.4, -0.2) is 12.1 Å². The minimum Gasteiger partial charge on any atom is -0.428 e. The van der Waals surface area contributed by atoms with Gasteiger partial charge in [0, 0.05) is 5.56 Å². The molecule has 14 heavy (non-hydrogen) atoms. The summed E-state index contributed by atoms with van der Waals surface area (Å²) in [5.41, 5.74) is 1.43. The molecular weight excluding hydrogens is 180 g/mol. The van der Waals surface area contributed by atoms with Crippen molar-refractivity contribution in [1.29, 1.82) is 0 Å². The highest BCUT2D eigenvalue weighted by Gasteiger charge is 2.31. The smallest absolute Gasteiger partial charge is 0.341 e. The van der Waals surface area contributed by atoms with Crippen molar-refractivity contribution >= 4 is 5.97 Å². The van der Waals surface area contributed by atoms with Crippen LogP contribution >= 0.6 is 0 Å². The van der Waals surface area contributed by atoms with E-state index in [0.717, 1.165) is 5.56 Å². The number of rotatable bonds is 2. The zero-order chi connectivity index (χ0) is 10.1. The van der Waals surface area contributed by atoms with Crippen LogP contribution in [0, 0.1) is 0 Å². The Hall–Kier alpha value is -1.35. The number of ether oxygens (including phenoxy) is 2. The number of carbonyl (C=O) groups is 1. The summed E-state index contributed by atoms with van der Waals surface area (Å²) < 4.78 is 10.5. The fourth-order valence-electron chi connectivity index (χ4n) is 1.46. The fraction of sp³-hybridized carbons (Fsp3) is 0.364. The summed E-state index contributed by atoms with van der Waals surface area (Å²) in [7, 11) is 0. The summed E-state index contributed by atoms with van der Waals surface area (Å²) in [4.78, 5) is 11.4. The maximum atomic E-state index is 11.4. The highest BCUT2D eigenvalue weighted by molar-refractivity contribution is 5.93. The first-order chi connectivity index (χ1) is 6.68. The van der Waals surface area contributed by atoms with E-state index in [1.807, 2.05) is 32.0 Å². The molecular formula is C11H12O3. The van der Waals surface area contributed by atoms with Gasteiger partial charge < -0.3 is 9.47 Å². The number of benzene rings is 1. The van der Waals surface area contributed by atoms with Crippen LogP contribution in [0.3, 0.4) is 0 Å². The second-order valence-electron chi connectivity index (χ2n) is 3.51. The van der Waals surface area contributed by atoms with Crippen LogP contribution in [0.4, 0.5) is 0 Å². The van der Waals surface area contributed by atoms with Gasteiger partial charge in [-0.25, -0.2) is 4.79 Å². The molecule has 0 amide bonds. The van der Waals surface area contributed by atoms with E-state index >= 15 is 0 Å². The predicted octanol–water partition coefficient (Wildman–Crippen LogP) is 2.28. The third-order valence-corrected chi connectivity index (χ3v) is 2.04. The maximum absolute atomic E-state index is 11.4. The van der Waals surface area contributed by atoms with Crippen molar-refractivity contribution in [2.24, 2.45) is 0 Å². The standard InChI is InChI=1S/C11H12O3/c1-7(2)13-11-9-6-4-3-5-8(9)10(12)14-11/h3-7,11H,1-2H3/t11-/m1/s1. The first kappa shape index (κ1) is 9.21. The van der Waals surface area contributed by atoms with Gasteiger partial charge in [-0.1, -0.05) is 18.2 Å². The van der Waals surface area contributed by atoms with E-state index in [1.165, 1.54) is 0 Å². The second kappa shape index (κ2) is 3.42. The van der Waals surface area contributed by atoms with Crippen molar-refractivity contribution in [3.63, 3.8) is 0 Å².